The second-order valence-electron chi connectivity index (χ2n) is 24.2. The summed E-state index contributed by atoms with van der Waals surface area (Å²) in [7, 11) is 0. The smallest absolute Gasteiger partial charge is 0.264 e. The highest BCUT2D eigenvalue weighted by Crippen LogP contribution is 2.51. The number of fused-ring (bicyclic) bond motifs is 13. The van der Waals surface area contributed by atoms with E-state index in [1.54, 1.807) is 0 Å². The van der Waals surface area contributed by atoms with Gasteiger partial charge in [0.2, 0.25) is 0 Å². The average molecular weight is 1010 g/mol. The quantitative estimate of drug-likeness (QED) is 0.112. The van der Waals surface area contributed by atoms with Gasteiger partial charge in [0.05, 0.1) is 16.8 Å². The van der Waals surface area contributed by atoms with Crippen LogP contribution in [0.15, 0.2) is 197 Å². The van der Waals surface area contributed by atoms with Gasteiger partial charge in [0.15, 0.2) is 0 Å². The molecule has 0 amide bonds. The minimum atomic E-state index is -0.107. The van der Waals surface area contributed by atoms with E-state index in [2.05, 4.69) is 260 Å². The van der Waals surface area contributed by atoms with E-state index in [-0.39, 0.29) is 23.0 Å². The first kappa shape index (κ1) is 47.9. The van der Waals surface area contributed by atoms with Crippen LogP contribution in [0.25, 0.3) is 54.0 Å². The lowest BCUT2D eigenvalue weighted by atomic mass is 9.36. The van der Waals surface area contributed by atoms with Crippen molar-refractivity contribution in [3.63, 3.8) is 0 Å². The van der Waals surface area contributed by atoms with E-state index in [1.165, 1.54) is 42.6 Å². The molecule has 5 heterocycles. The first-order valence-corrected chi connectivity index (χ1v) is 27.8. The van der Waals surface area contributed by atoms with E-state index >= 15 is 0 Å². The van der Waals surface area contributed by atoms with Crippen molar-refractivity contribution >= 4 is 133 Å². The summed E-state index contributed by atoms with van der Waals surface area (Å²) in [6.07, 6.45) is 5.72. The fourth-order valence-corrected chi connectivity index (χ4v) is 13.8. The number of thiophene rings is 1. The molecule has 11 aromatic rings. The van der Waals surface area contributed by atoms with E-state index in [0.29, 0.717) is 5.92 Å². The van der Waals surface area contributed by atoms with E-state index in [4.69, 9.17) is 15.4 Å². The minimum absolute atomic E-state index is 0.0130. The van der Waals surface area contributed by atoms with Crippen LogP contribution in [-0.2, 0) is 10.8 Å². The molecule has 0 spiro atoms. The fraction of sp³-hybridized carbons (Fsp3) is 0.217. The van der Waals surface area contributed by atoms with Crippen LogP contribution < -0.4 is 30.4 Å². The first-order chi connectivity index (χ1) is 36.5. The molecular weight excluding hydrogens is 946 g/mol. The maximum Gasteiger partial charge on any atom is 0.264 e. The molecule has 2 aliphatic rings. The van der Waals surface area contributed by atoms with E-state index < -0.39 is 0 Å². The summed E-state index contributed by atoms with van der Waals surface area (Å²) in [5.74, 6) is 0.372. The lowest BCUT2D eigenvalue weighted by Gasteiger charge is -2.43. The second-order valence-corrected chi connectivity index (χ2v) is 25.2. The molecule has 0 fully saturated rings. The third kappa shape index (κ3) is 7.56. The summed E-state index contributed by atoms with van der Waals surface area (Å²) in [5, 5.41) is 5.67. The Kier molecular flexibility index (Phi) is 11.0. The highest BCUT2D eigenvalue weighted by atomic mass is 32.1. The molecule has 3 aromatic heterocycles. The molecule has 13 rings (SSSR count). The van der Waals surface area contributed by atoms with Gasteiger partial charge in [-0.3, -0.25) is 0 Å². The zero-order valence-corrected chi connectivity index (χ0v) is 46.2. The molecule has 5 nitrogen and oxygen atoms in total. The molecule has 2 aliphatic heterocycles. The van der Waals surface area contributed by atoms with Crippen LogP contribution >= 0.6 is 11.3 Å². The van der Waals surface area contributed by atoms with Gasteiger partial charge in [0.25, 0.3) is 6.71 Å². The molecular formula is C69H64BN3O2S. The molecule has 0 radical (unpaired) electrons. The fourth-order valence-electron chi connectivity index (χ4n) is 12.3. The van der Waals surface area contributed by atoms with Gasteiger partial charge in [-0.1, -0.05) is 161 Å². The summed E-state index contributed by atoms with van der Waals surface area (Å²) >= 11 is 1.91. The molecule has 0 saturated heterocycles. The van der Waals surface area contributed by atoms with E-state index in [1.807, 2.05) is 11.3 Å². The number of anilines is 8. The van der Waals surface area contributed by atoms with Crippen molar-refractivity contribution in [2.75, 3.05) is 14.7 Å². The highest BCUT2D eigenvalue weighted by Gasteiger charge is 2.46. The van der Waals surface area contributed by atoms with Crippen LogP contribution in [0.4, 0.5) is 45.5 Å². The number of allylic oxidation sites excluding steroid dienone is 2. The number of para-hydroxylation sites is 2. The summed E-state index contributed by atoms with van der Waals surface area (Å²) in [6, 6.07) is 60.4. The Balaban J connectivity index is 1.11. The second kappa shape index (κ2) is 17.4. The van der Waals surface area contributed by atoms with Crippen LogP contribution in [0.3, 0.4) is 0 Å². The van der Waals surface area contributed by atoms with Gasteiger partial charge in [-0.05, 0) is 142 Å². The average Bonchev–Trinajstić information content (AvgIpc) is 4.24. The van der Waals surface area contributed by atoms with Crippen molar-refractivity contribution in [2.45, 2.75) is 86.5 Å². The van der Waals surface area contributed by atoms with Gasteiger partial charge in [0.1, 0.15) is 22.3 Å². The number of hydrogen-bond donors (Lipinski definition) is 0. The Morgan fingerprint density at radius 3 is 1.75 bits per heavy atom. The van der Waals surface area contributed by atoms with Crippen LogP contribution in [0.1, 0.15) is 86.8 Å². The SMILES string of the molecule is C=C(/C=C\C(CC)C(C)(C)C)N1c2cccc3c2B(c2ccc(N(c4ccc(C(C)(C)C)cc4)c4ccc(C(C)(C)C)cc4)cc2N3c2cccc3oc4ccccc4c23)c2sc3c(ccc4oc5ccccc5c43)c21. The summed E-state index contributed by atoms with van der Waals surface area (Å²) in [5.41, 5.74) is 18.6. The Hall–Kier alpha value is -7.74. The van der Waals surface area contributed by atoms with Crippen molar-refractivity contribution in [1.29, 1.82) is 0 Å². The lowest BCUT2D eigenvalue weighted by molar-refractivity contribution is 0.286. The molecule has 1 unspecified atom stereocenters. The van der Waals surface area contributed by atoms with Gasteiger partial charge in [0, 0.05) is 70.8 Å². The van der Waals surface area contributed by atoms with E-state index in [9.17, 15) is 0 Å². The Morgan fingerprint density at radius 2 is 1.13 bits per heavy atom. The summed E-state index contributed by atoms with van der Waals surface area (Å²) < 4.78 is 15.8. The zero-order chi connectivity index (χ0) is 52.6. The number of furan rings is 2. The molecule has 0 bridgehead atoms. The number of rotatable bonds is 8. The predicted molar refractivity (Wildman–Crippen MR) is 328 cm³/mol. The van der Waals surface area contributed by atoms with Crippen molar-refractivity contribution < 1.29 is 8.83 Å². The lowest BCUT2D eigenvalue weighted by Crippen LogP contribution is -2.60. The molecule has 0 N–H and O–H groups in total. The Labute approximate surface area is 451 Å². The molecule has 1 atom stereocenters. The Morgan fingerprint density at radius 1 is 0.579 bits per heavy atom. The minimum Gasteiger partial charge on any atom is -0.456 e. The molecule has 8 aromatic carbocycles. The zero-order valence-electron chi connectivity index (χ0n) is 45.4. The van der Waals surface area contributed by atoms with Crippen molar-refractivity contribution in [1.82, 2.24) is 0 Å². The maximum atomic E-state index is 6.68. The number of benzene rings is 8. The monoisotopic (exact) mass is 1010 g/mol. The topological polar surface area (TPSA) is 36.0 Å². The molecule has 76 heavy (non-hydrogen) atoms. The summed E-state index contributed by atoms with van der Waals surface area (Å²) in [6.45, 7) is 27.8. The van der Waals surface area contributed by atoms with Gasteiger partial charge in [-0.2, -0.15) is 0 Å². The highest BCUT2D eigenvalue weighted by molar-refractivity contribution is 7.34. The largest absolute Gasteiger partial charge is 0.456 e. The normalized spacial score (nSPS) is 14.1. The van der Waals surface area contributed by atoms with Crippen LogP contribution in [-0.4, -0.2) is 6.71 Å². The molecule has 7 heteroatoms. The third-order valence-corrected chi connectivity index (χ3v) is 17.6. The van der Waals surface area contributed by atoms with Gasteiger partial charge in [-0.15, -0.1) is 11.3 Å². The number of hydrogen-bond acceptors (Lipinski definition) is 6. The number of nitrogens with zero attached hydrogens (tertiary/aromatic N) is 3. The summed E-state index contributed by atoms with van der Waals surface area (Å²) in [4.78, 5) is 7.44. The molecule has 0 saturated carbocycles. The van der Waals surface area contributed by atoms with Crippen molar-refractivity contribution in [2.24, 2.45) is 11.3 Å². The standard InChI is InChI=1S/C69H64BN3O2S/c1-12-43(67(3,4)5)28-27-42(2)71-54-22-17-23-55-63(54)70(66-64(71)51-38-40-60-62(65(51)76-66)50-20-14-16-25-58(50)75-60)52-39-37-48(41-56(52)73(55)53-21-18-26-59-61(53)49-19-13-15-24-57(49)74-59)72(46-33-29-44(30-34-46)68(6,7)8)47-35-31-45(32-36-47)69(9,10)11/h13-41,43H,2,12H2,1,3-11H3/b28-27-. The van der Waals surface area contributed by atoms with Crippen LogP contribution in [0.2, 0.25) is 0 Å². The third-order valence-electron chi connectivity index (χ3n) is 16.3. The molecule has 0 aliphatic carbocycles. The van der Waals surface area contributed by atoms with Gasteiger partial charge < -0.3 is 23.5 Å². The van der Waals surface area contributed by atoms with Gasteiger partial charge >= 0.3 is 0 Å². The Bertz CT molecular complexity index is 4100. The van der Waals surface area contributed by atoms with E-state index in [0.717, 1.165) is 95.8 Å². The molecule has 376 valence electrons. The van der Waals surface area contributed by atoms with Crippen molar-refractivity contribution in [3.8, 4) is 0 Å². The van der Waals surface area contributed by atoms with Crippen LogP contribution in [0.5, 0.6) is 0 Å². The van der Waals surface area contributed by atoms with Gasteiger partial charge in [-0.25, -0.2) is 0 Å². The first-order valence-electron chi connectivity index (χ1n) is 27.0. The predicted octanol–water partition coefficient (Wildman–Crippen LogP) is 18.7. The van der Waals surface area contributed by atoms with Crippen LogP contribution in [0, 0.1) is 11.3 Å². The maximum absolute atomic E-state index is 6.68. The van der Waals surface area contributed by atoms with Crippen molar-refractivity contribution in [3.05, 3.63) is 199 Å².